The molecule has 1 aliphatic rings. The van der Waals surface area contributed by atoms with E-state index in [0.29, 0.717) is 12.8 Å². The van der Waals surface area contributed by atoms with Gasteiger partial charge in [-0.2, -0.15) is 0 Å². The molecule has 0 bridgehead atoms. The molecular weight excluding hydrogens is 731 g/mol. The van der Waals surface area contributed by atoms with Crippen LogP contribution in [0.25, 0.3) is 0 Å². The Bertz CT molecular complexity index is 878. The molecule has 0 saturated carbocycles. The lowest BCUT2D eigenvalue weighted by atomic mass is 9.99. The van der Waals surface area contributed by atoms with Gasteiger partial charge in [0.15, 0.2) is 6.29 Å². The zero-order chi connectivity index (χ0) is 42.3. The molecule has 1 rings (SSSR count). The minimum atomic E-state index is -1.55. The number of aliphatic hydroxyl groups is 5. The van der Waals surface area contributed by atoms with E-state index in [1.54, 1.807) is 0 Å². The Morgan fingerprint density at radius 3 is 1.22 bits per heavy atom. The van der Waals surface area contributed by atoms with E-state index in [2.05, 4.69) is 19.2 Å². The van der Waals surface area contributed by atoms with Crippen LogP contribution in [0.2, 0.25) is 0 Å². The van der Waals surface area contributed by atoms with E-state index in [0.717, 1.165) is 38.5 Å². The second kappa shape index (κ2) is 40.3. The van der Waals surface area contributed by atoms with E-state index in [1.165, 1.54) is 186 Å². The summed E-state index contributed by atoms with van der Waals surface area (Å²) in [6.45, 7) is 3.86. The van der Waals surface area contributed by atoms with Gasteiger partial charge in [-0.25, -0.2) is 0 Å². The van der Waals surface area contributed by atoms with Gasteiger partial charge >= 0.3 is 0 Å². The SMILES string of the molecule is CCCCCCCCCCCCCCCCCCCCCC(=O)N[C@@H](CO[C@@H]1O[C@H](CO)[C@H](O)C(O)C1O)[C@H](O)CCCCCCCCCCCCCCCCCC. The zero-order valence-electron chi connectivity index (χ0n) is 38.1. The number of unbranched alkanes of at least 4 members (excludes halogenated alkanes) is 33. The van der Waals surface area contributed by atoms with Gasteiger partial charge in [-0.05, 0) is 12.8 Å². The van der Waals surface area contributed by atoms with Crippen molar-refractivity contribution in [3.8, 4) is 0 Å². The zero-order valence-corrected chi connectivity index (χ0v) is 38.1. The first-order valence-corrected chi connectivity index (χ1v) is 25.2. The first-order valence-electron chi connectivity index (χ1n) is 25.2. The number of carbonyl (C=O) groups excluding carboxylic acids is 1. The van der Waals surface area contributed by atoms with Crippen LogP contribution in [0.4, 0.5) is 0 Å². The van der Waals surface area contributed by atoms with Crippen LogP contribution < -0.4 is 5.32 Å². The van der Waals surface area contributed by atoms with Crippen LogP contribution in [-0.2, 0) is 14.3 Å². The molecule has 9 nitrogen and oxygen atoms in total. The van der Waals surface area contributed by atoms with Crippen LogP contribution in [0.5, 0.6) is 0 Å². The monoisotopic (exact) mass is 828 g/mol. The Kier molecular flexibility index (Phi) is 38.3. The highest BCUT2D eigenvalue weighted by Crippen LogP contribution is 2.23. The first kappa shape index (κ1) is 55.2. The fourth-order valence-corrected chi connectivity index (χ4v) is 8.40. The quantitative estimate of drug-likeness (QED) is 0.0333. The van der Waals surface area contributed by atoms with Crippen LogP contribution >= 0.6 is 0 Å². The van der Waals surface area contributed by atoms with Crippen molar-refractivity contribution in [1.29, 1.82) is 0 Å². The minimum absolute atomic E-state index is 0.131. The number of hydrogen-bond donors (Lipinski definition) is 6. The van der Waals surface area contributed by atoms with Gasteiger partial charge in [0, 0.05) is 6.42 Å². The van der Waals surface area contributed by atoms with E-state index >= 15 is 0 Å². The van der Waals surface area contributed by atoms with E-state index in [9.17, 15) is 30.3 Å². The maximum Gasteiger partial charge on any atom is 0.220 e. The molecule has 0 aromatic rings. The van der Waals surface area contributed by atoms with Crippen molar-refractivity contribution in [3.63, 3.8) is 0 Å². The van der Waals surface area contributed by atoms with Crippen LogP contribution in [0, 0.1) is 0 Å². The molecule has 58 heavy (non-hydrogen) atoms. The predicted octanol–water partition coefficient (Wildman–Crippen LogP) is 11.1. The van der Waals surface area contributed by atoms with Gasteiger partial charge in [0.1, 0.15) is 24.4 Å². The largest absolute Gasteiger partial charge is 0.394 e. The molecule has 1 saturated heterocycles. The Labute approximate surface area is 357 Å². The lowest BCUT2D eigenvalue weighted by Gasteiger charge is -2.40. The summed E-state index contributed by atoms with van der Waals surface area (Å²) in [6.07, 6.45) is 38.2. The Morgan fingerprint density at radius 2 is 0.862 bits per heavy atom. The van der Waals surface area contributed by atoms with Gasteiger partial charge in [0.25, 0.3) is 0 Å². The fraction of sp³-hybridized carbons (Fsp3) is 0.980. The summed E-state index contributed by atoms with van der Waals surface area (Å²) in [5, 5.41) is 54.5. The number of carbonyl (C=O) groups is 1. The second-order valence-electron chi connectivity index (χ2n) is 18.0. The summed E-state index contributed by atoms with van der Waals surface area (Å²) >= 11 is 0. The predicted molar refractivity (Wildman–Crippen MR) is 240 cm³/mol. The average Bonchev–Trinajstić information content (AvgIpc) is 3.22. The van der Waals surface area contributed by atoms with E-state index in [4.69, 9.17) is 9.47 Å². The standard InChI is InChI=1S/C49H97NO8/c1-3-5-7-9-11-13-15-17-19-21-22-23-25-27-29-31-33-35-37-39-45(53)50-42(41-57-49-48(56)47(55)46(54)44(40-51)58-49)43(52)38-36-34-32-30-28-26-24-20-18-16-14-12-10-8-6-4-2/h42-44,46-49,51-52,54-56H,3-41H2,1-2H3,(H,50,53)/t42-,43+,44+,46-,47?,48?,49+/m0/s1. The van der Waals surface area contributed by atoms with Crippen molar-refractivity contribution in [1.82, 2.24) is 5.32 Å². The molecule has 346 valence electrons. The molecule has 0 spiro atoms. The minimum Gasteiger partial charge on any atom is -0.394 e. The fourth-order valence-electron chi connectivity index (χ4n) is 8.40. The van der Waals surface area contributed by atoms with E-state index in [1.807, 2.05) is 0 Å². The van der Waals surface area contributed by atoms with Gasteiger partial charge in [-0.3, -0.25) is 4.79 Å². The molecule has 1 heterocycles. The summed E-state index contributed by atoms with van der Waals surface area (Å²) in [7, 11) is 0. The van der Waals surface area contributed by atoms with Gasteiger partial charge in [-0.15, -0.1) is 0 Å². The molecule has 2 unspecified atom stereocenters. The number of amides is 1. The summed E-state index contributed by atoms with van der Waals surface area (Å²) in [4.78, 5) is 13.0. The van der Waals surface area contributed by atoms with Crippen molar-refractivity contribution in [2.75, 3.05) is 13.2 Å². The van der Waals surface area contributed by atoms with E-state index in [-0.39, 0.29) is 12.5 Å². The number of ether oxygens (including phenoxy) is 2. The van der Waals surface area contributed by atoms with Gasteiger partial charge in [0.05, 0.1) is 25.4 Å². The van der Waals surface area contributed by atoms with Gasteiger partial charge < -0.3 is 40.3 Å². The van der Waals surface area contributed by atoms with Crippen LogP contribution in [0.15, 0.2) is 0 Å². The molecule has 0 aliphatic carbocycles. The highest BCUT2D eigenvalue weighted by atomic mass is 16.7. The van der Waals surface area contributed by atoms with Crippen LogP contribution in [-0.4, -0.2) is 87.5 Å². The van der Waals surface area contributed by atoms with E-state index < -0.39 is 49.5 Å². The van der Waals surface area contributed by atoms with Crippen molar-refractivity contribution in [3.05, 3.63) is 0 Å². The van der Waals surface area contributed by atoms with Crippen molar-refractivity contribution in [2.24, 2.45) is 0 Å². The third-order valence-electron chi connectivity index (χ3n) is 12.5. The average molecular weight is 828 g/mol. The molecular formula is C49H97NO8. The molecule has 1 fully saturated rings. The van der Waals surface area contributed by atoms with Crippen LogP contribution in [0.3, 0.4) is 0 Å². The lowest BCUT2D eigenvalue weighted by Crippen LogP contribution is -2.60. The molecule has 1 aliphatic heterocycles. The van der Waals surface area contributed by atoms with Gasteiger partial charge in [-0.1, -0.05) is 232 Å². The molecule has 0 radical (unpaired) electrons. The maximum absolute atomic E-state index is 13.0. The van der Waals surface area contributed by atoms with Crippen molar-refractivity contribution < 1.29 is 39.8 Å². The van der Waals surface area contributed by atoms with Crippen molar-refractivity contribution >= 4 is 5.91 Å². The second-order valence-corrected chi connectivity index (χ2v) is 18.0. The van der Waals surface area contributed by atoms with Crippen LogP contribution in [0.1, 0.15) is 251 Å². The lowest BCUT2D eigenvalue weighted by molar-refractivity contribution is -0.302. The molecule has 0 aromatic carbocycles. The third kappa shape index (κ3) is 30.3. The summed E-state index contributed by atoms with van der Waals surface area (Å²) in [5.74, 6) is -0.139. The molecule has 0 aromatic heterocycles. The molecule has 7 atom stereocenters. The Hall–Kier alpha value is -0.810. The smallest absolute Gasteiger partial charge is 0.220 e. The first-order chi connectivity index (χ1) is 28.3. The number of hydrogen-bond acceptors (Lipinski definition) is 8. The summed E-state index contributed by atoms with van der Waals surface area (Å²) in [6, 6.07) is -0.712. The Balaban J connectivity index is 2.26. The van der Waals surface area contributed by atoms with Crippen molar-refractivity contribution in [2.45, 2.75) is 294 Å². The topological polar surface area (TPSA) is 149 Å². The third-order valence-corrected chi connectivity index (χ3v) is 12.5. The summed E-state index contributed by atoms with van der Waals surface area (Å²) < 4.78 is 11.3. The number of aliphatic hydroxyl groups excluding tert-OH is 5. The Morgan fingerprint density at radius 1 is 0.517 bits per heavy atom. The highest BCUT2D eigenvalue weighted by Gasteiger charge is 2.44. The summed E-state index contributed by atoms with van der Waals surface area (Å²) in [5.41, 5.74) is 0. The highest BCUT2D eigenvalue weighted by molar-refractivity contribution is 5.76. The molecule has 6 N–H and O–H groups in total. The molecule has 1 amide bonds. The normalized spacial score (nSPS) is 20.7. The maximum atomic E-state index is 13.0. The number of nitrogens with one attached hydrogen (secondary N) is 1. The number of rotatable bonds is 43. The van der Waals surface area contributed by atoms with Gasteiger partial charge in [0.2, 0.25) is 5.91 Å². The molecule has 9 heteroatoms.